The standard InChI is InChI=1S/C11H8Br2FN3O/c1-18-10-8(13)5-15-11(17-10)16-9-3-2-6(14)4-7(9)12/h2-5H,1H3,(H,15,16,17). The smallest absolute Gasteiger partial charge is 0.232 e. The lowest BCUT2D eigenvalue weighted by molar-refractivity contribution is 0.394. The number of anilines is 2. The van der Waals surface area contributed by atoms with E-state index in [0.29, 0.717) is 26.5 Å². The van der Waals surface area contributed by atoms with Crippen LogP contribution in [-0.2, 0) is 0 Å². The van der Waals surface area contributed by atoms with Crippen molar-refractivity contribution >= 4 is 43.5 Å². The first kappa shape index (κ1) is 13.2. The van der Waals surface area contributed by atoms with Crippen LogP contribution in [0.15, 0.2) is 33.3 Å². The van der Waals surface area contributed by atoms with Crippen molar-refractivity contribution in [2.75, 3.05) is 12.4 Å². The molecule has 2 rings (SSSR count). The number of hydrogen-bond acceptors (Lipinski definition) is 4. The highest BCUT2D eigenvalue weighted by atomic mass is 79.9. The Morgan fingerprint density at radius 3 is 2.72 bits per heavy atom. The molecule has 0 spiro atoms. The van der Waals surface area contributed by atoms with Gasteiger partial charge in [-0.15, -0.1) is 0 Å². The maximum absolute atomic E-state index is 12.9. The van der Waals surface area contributed by atoms with Crippen LogP contribution in [0.4, 0.5) is 16.0 Å². The van der Waals surface area contributed by atoms with Crippen molar-refractivity contribution in [3.8, 4) is 5.88 Å². The maximum Gasteiger partial charge on any atom is 0.232 e. The van der Waals surface area contributed by atoms with Gasteiger partial charge in [0.15, 0.2) is 0 Å². The van der Waals surface area contributed by atoms with E-state index in [2.05, 4.69) is 47.1 Å². The molecule has 0 unspecified atom stereocenters. The molecule has 1 heterocycles. The summed E-state index contributed by atoms with van der Waals surface area (Å²) in [5, 5.41) is 2.96. The molecule has 0 aliphatic rings. The number of benzene rings is 1. The first-order valence-corrected chi connectivity index (χ1v) is 6.47. The number of rotatable bonds is 3. The Balaban J connectivity index is 2.28. The Kier molecular flexibility index (Phi) is 4.13. The number of halogens is 3. The van der Waals surface area contributed by atoms with Crippen molar-refractivity contribution in [1.82, 2.24) is 9.97 Å². The molecule has 0 radical (unpaired) electrons. The molecule has 0 aliphatic carbocycles. The molecular formula is C11H8Br2FN3O. The van der Waals surface area contributed by atoms with Crippen molar-refractivity contribution in [3.05, 3.63) is 39.2 Å². The second-order valence-corrected chi connectivity index (χ2v) is 5.01. The normalized spacial score (nSPS) is 10.2. The topological polar surface area (TPSA) is 47.0 Å². The predicted octanol–water partition coefficient (Wildman–Crippen LogP) is 3.89. The molecule has 0 amide bonds. The van der Waals surface area contributed by atoms with E-state index < -0.39 is 0 Å². The van der Waals surface area contributed by atoms with Gasteiger partial charge in [0.1, 0.15) is 5.82 Å². The van der Waals surface area contributed by atoms with Gasteiger partial charge in [-0.25, -0.2) is 9.37 Å². The van der Waals surface area contributed by atoms with Gasteiger partial charge >= 0.3 is 0 Å². The van der Waals surface area contributed by atoms with Crippen LogP contribution in [0.1, 0.15) is 0 Å². The molecular weight excluding hydrogens is 369 g/mol. The van der Waals surface area contributed by atoms with E-state index in [1.807, 2.05) is 0 Å². The number of ether oxygens (including phenoxy) is 1. The Hall–Kier alpha value is -1.21. The first-order valence-electron chi connectivity index (χ1n) is 4.89. The van der Waals surface area contributed by atoms with Gasteiger partial charge in [0.25, 0.3) is 0 Å². The Morgan fingerprint density at radius 1 is 1.28 bits per heavy atom. The quantitative estimate of drug-likeness (QED) is 0.882. The summed E-state index contributed by atoms with van der Waals surface area (Å²) in [5.74, 6) is 0.467. The van der Waals surface area contributed by atoms with Crippen molar-refractivity contribution in [2.45, 2.75) is 0 Å². The van der Waals surface area contributed by atoms with E-state index in [1.165, 1.54) is 19.2 Å². The fourth-order valence-corrected chi connectivity index (χ4v) is 2.07. The summed E-state index contributed by atoms with van der Waals surface area (Å²) in [4.78, 5) is 8.23. The molecule has 0 aliphatic heterocycles. The summed E-state index contributed by atoms with van der Waals surface area (Å²) in [6.07, 6.45) is 1.57. The first-order chi connectivity index (χ1) is 8.60. The van der Waals surface area contributed by atoms with Crippen molar-refractivity contribution < 1.29 is 9.13 Å². The molecule has 1 aromatic carbocycles. The Morgan fingerprint density at radius 2 is 2.06 bits per heavy atom. The molecule has 1 aromatic heterocycles. The molecule has 7 heteroatoms. The molecule has 0 saturated heterocycles. The second kappa shape index (κ2) is 5.62. The lowest BCUT2D eigenvalue weighted by Crippen LogP contribution is -2.00. The zero-order valence-electron chi connectivity index (χ0n) is 9.25. The van der Waals surface area contributed by atoms with Crippen LogP contribution < -0.4 is 10.1 Å². The van der Waals surface area contributed by atoms with Crippen LogP contribution in [0.3, 0.4) is 0 Å². The molecule has 0 atom stereocenters. The minimum absolute atomic E-state index is 0.318. The van der Waals surface area contributed by atoms with Crippen LogP contribution in [0, 0.1) is 5.82 Å². The van der Waals surface area contributed by atoms with Gasteiger partial charge in [-0.1, -0.05) is 0 Å². The summed E-state index contributed by atoms with van der Waals surface area (Å²) in [7, 11) is 1.52. The monoisotopic (exact) mass is 375 g/mol. The van der Waals surface area contributed by atoms with Gasteiger partial charge in [0, 0.05) is 4.47 Å². The average Bonchev–Trinajstić information content (AvgIpc) is 2.35. The predicted molar refractivity (Wildman–Crippen MR) is 73.7 cm³/mol. The van der Waals surface area contributed by atoms with Crippen LogP contribution in [0.25, 0.3) is 0 Å². The van der Waals surface area contributed by atoms with E-state index in [-0.39, 0.29) is 5.82 Å². The highest BCUT2D eigenvalue weighted by Gasteiger charge is 2.07. The summed E-state index contributed by atoms with van der Waals surface area (Å²) < 4.78 is 19.3. The van der Waals surface area contributed by atoms with Gasteiger partial charge in [0.05, 0.1) is 23.5 Å². The molecule has 1 N–H and O–H groups in total. The van der Waals surface area contributed by atoms with E-state index in [0.717, 1.165) is 0 Å². The lowest BCUT2D eigenvalue weighted by atomic mass is 10.3. The molecule has 18 heavy (non-hydrogen) atoms. The number of aromatic nitrogens is 2. The minimum Gasteiger partial charge on any atom is -0.480 e. The van der Waals surface area contributed by atoms with E-state index in [9.17, 15) is 4.39 Å². The summed E-state index contributed by atoms with van der Waals surface area (Å²) in [5.41, 5.74) is 0.667. The van der Waals surface area contributed by atoms with Gasteiger partial charge in [0.2, 0.25) is 11.8 Å². The third-order valence-electron chi connectivity index (χ3n) is 2.08. The van der Waals surface area contributed by atoms with Gasteiger partial charge < -0.3 is 10.1 Å². The number of nitrogens with one attached hydrogen (secondary N) is 1. The van der Waals surface area contributed by atoms with Crippen LogP contribution in [0.2, 0.25) is 0 Å². The molecule has 0 bridgehead atoms. The van der Waals surface area contributed by atoms with Gasteiger partial charge in [-0.2, -0.15) is 4.98 Å². The van der Waals surface area contributed by atoms with E-state index in [4.69, 9.17) is 4.74 Å². The zero-order chi connectivity index (χ0) is 13.1. The minimum atomic E-state index is -0.318. The number of hydrogen-bond donors (Lipinski definition) is 1. The number of nitrogens with zero attached hydrogens (tertiary/aromatic N) is 2. The van der Waals surface area contributed by atoms with Crippen LogP contribution in [-0.4, -0.2) is 17.1 Å². The highest BCUT2D eigenvalue weighted by Crippen LogP contribution is 2.27. The zero-order valence-corrected chi connectivity index (χ0v) is 12.4. The largest absolute Gasteiger partial charge is 0.480 e. The Labute approximate surface area is 120 Å². The summed E-state index contributed by atoms with van der Waals surface area (Å²) in [6.45, 7) is 0. The fraction of sp³-hybridized carbons (Fsp3) is 0.0909. The van der Waals surface area contributed by atoms with Gasteiger partial charge in [-0.3, -0.25) is 0 Å². The Bertz CT molecular complexity index is 580. The summed E-state index contributed by atoms with van der Waals surface area (Å²) >= 11 is 6.52. The van der Waals surface area contributed by atoms with Crippen LogP contribution >= 0.6 is 31.9 Å². The van der Waals surface area contributed by atoms with E-state index >= 15 is 0 Å². The van der Waals surface area contributed by atoms with Crippen molar-refractivity contribution in [2.24, 2.45) is 0 Å². The maximum atomic E-state index is 12.9. The van der Waals surface area contributed by atoms with Crippen molar-refractivity contribution in [3.63, 3.8) is 0 Å². The molecule has 2 aromatic rings. The van der Waals surface area contributed by atoms with Gasteiger partial charge in [-0.05, 0) is 50.1 Å². The lowest BCUT2D eigenvalue weighted by Gasteiger charge is -2.08. The third-order valence-corrected chi connectivity index (χ3v) is 3.28. The van der Waals surface area contributed by atoms with Crippen molar-refractivity contribution in [1.29, 1.82) is 0 Å². The molecule has 94 valence electrons. The second-order valence-electron chi connectivity index (χ2n) is 3.30. The molecule has 4 nitrogen and oxygen atoms in total. The SMILES string of the molecule is COc1nc(Nc2ccc(F)cc2Br)ncc1Br. The average molecular weight is 377 g/mol. The van der Waals surface area contributed by atoms with E-state index in [1.54, 1.807) is 12.3 Å². The summed E-state index contributed by atoms with van der Waals surface area (Å²) in [6, 6.07) is 4.30. The molecule has 0 fully saturated rings. The third kappa shape index (κ3) is 2.97. The molecule has 0 saturated carbocycles. The number of methoxy groups -OCH3 is 1. The fourth-order valence-electron chi connectivity index (χ4n) is 1.27. The highest BCUT2D eigenvalue weighted by molar-refractivity contribution is 9.11. The van der Waals surface area contributed by atoms with Crippen LogP contribution in [0.5, 0.6) is 5.88 Å².